The number of aromatic amines is 1. The van der Waals surface area contributed by atoms with Gasteiger partial charge >= 0.3 is 0 Å². The van der Waals surface area contributed by atoms with Gasteiger partial charge in [-0.15, -0.1) is 0 Å². The molecule has 0 spiro atoms. The first-order valence-corrected chi connectivity index (χ1v) is 11.5. The number of nitrogens with zero attached hydrogens (tertiary/aromatic N) is 3. The Bertz CT molecular complexity index is 1590. The Morgan fingerprint density at radius 3 is 2.28 bits per heavy atom. The molecule has 7 rings (SSSR count). The minimum Gasteiger partial charge on any atom is -0.353 e. The summed E-state index contributed by atoms with van der Waals surface area (Å²) in [5, 5.41) is 6.36. The van der Waals surface area contributed by atoms with Crippen LogP contribution in [0.5, 0.6) is 0 Å². The standard InChI is InChI=1S/C15H13ClN2.C11H7ClN2/c16-11-3-4-14-13(7-11)12-5-6-17-8-15(12)18(14)9-10-1-2-10;12-7-1-2-10-9(5-7)8-3-4-13-6-11(8)14-10/h3-8,10H,1-2,9H2;1-6,14H. The number of halogens is 2. The Morgan fingerprint density at radius 2 is 1.47 bits per heavy atom. The van der Waals surface area contributed by atoms with Crippen molar-refractivity contribution in [1.29, 1.82) is 0 Å². The summed E-state index contributed by atoms with van der Waals surface area (Å²) in [4.78, 5) is 11.6. The van der Waals surface area contributed by atoms with Gasteiger partial charge in [0, 0.05) is 61.6 Å². The molecule has 0 unspecified atom stereocenters. The van der Waals surface area contributed by atoms with Crippen LogP contribution in [0, 0.1) is 5.92 Å². The molecule has 4 aromatic heterocycles. The van der Waals surface area contributed by atoms with Gasteiger partial charge in [-0.05, 0) is 67.3 Å². The molecule has 1 aliphatic rings. The lowest BCUT2D eigenvalue weighted by molar-refractivity contribution is 0.663. The quantitative estimate of drug-likeness (QED) is 0.290. The van der Waals surface area contributed by atoms with Gasteiger partial charge in [-0.25, -0.2) is 0 Å². The minimum absolute atomic E-state index is 0.759. The van der Waals surface area contributed by atoms with Gasteiger partial charge in [-0.3, -0.25) is 9.97 Å². The summed E-state index contributed by atoms with van der Waals surface area (Å²) in [6.45, 7) is 1.10. The number of hydrogen-bond donors (Lipinski definition) is 1. The molecular formula is C26H20Cl2N4. The van der Waals surface area contributed by atoms with Crippen LogP contribution in [0.25, 0.3) is 43.6 Å². The number of aromatic nitrogens is 4. The first-order valence-electron chi connectivity index (χ1n) is 10.7. The molecule has 32 heavy (non-hydrogen) atoms. The third-order valence-electron chi connectivity index (χ3n) is 6.13. The zero-order valence-electron chi connectivity index (χ0n) is 17.2. The largest absolute Gasteiger partial charge is 0.353 e. The van der Waals surface area contributed by atoms with E-state index in [1.165, 1.54) is 34.6 Å². The molecule has 1 aliphatic carbocycles. The van der Waals surface area contributed by atoms with Crippen molar-refractivity contribution in [3.8, 4) is 0 Å². The maximum absolute atomic E-state index is 6.12. The summed E-state index contributed by atoms with van der Waals surface area (Å²) < 4.78 is 2.39. The molecule has 0 atom stereocenters. The summed E-state index contributed by atoms with van der Waals surface area (Å²) in [5.41, 5.74) is 4.64. The Hall–Kier alpha value is -3.08. The van der Waals surface area contributed by atoms with E-state index in [-0.39, 0.29) is 0 Å². The van der Waals surface area contributed by atoms with Crippen molar-refractivity contribution >= 4 is 66.8 Å². The average Bonchev–Trinajstić information content (AvgIpc) is 3.49. The van der Waals surface area contributed by atoms with Crippen LogP contribution in [0.1, 0.15) is 12.8 Å². The molecule has 158 valence electrons. The third kappa shape index (κ3) is 3.50. The van der Waals surface area contributed by atoms with Gasteiger partial charge in [0.2, 0.25) is 0 Å². The van der Waals surface area contributed by atoms with Crippen LogP contribution < -0.4 is 0 Å². The van der Waals surface area contributed by atoms with E-state index in [2.05, 4.69) is 37.7 Å². The maximum Gasteiger partial charge on any atom is 0.0677 e. The average molecular weight is 459 g/mol. The molecule has 1 N–H and O–H groups in total. The van der Waals surface area contributed by atoms with E-state index < -0.39 is 0 Å². The number of nitrogens with one attached hydrogen (secondary N) is 1. The van der Waals surface area contributed by atoms with Gasteiger partial charge in [0.25, 0.3) is 0 Å². The predicted octanol–water partition coefficient (Wildman–Crippen LogP) is 7.62. The summed E-state index contributed by atoms with van der Waals surface area (Å²) >= 11 is 12.1. The normalized spacial score (nSPS) is 13.7. The topological polar surface area (TPSA) is 46.5 Å². The van der Waals surface area contributed by atoms with Crippen LogP contribution in [0.4, 0.5) is 0 Å². The number of H-pyrrole nitrogens is 1. The second-order valence-electron chi connectivity index (χ2n) is 8.34. The Balaban J connectivity index is 0.000000126. The highest BCUT2D eigenvalue weighted by Gasteiger charge is 2.23. The monoisotopic (exact) mass is 458 g/mol. The fourth-order valence-corrected chi connectivity index (χ4v) is 4.74. The summed E-state index contributed by atoms with van der Waals surface area (Å²) in [5.74, 6) is 0.847. The lowest BCUT2D eigenvalue weighted by Gasteiger charge is -2.05. The van der Waals surface area contributed by atoms with Gasteiger partial charge in [0.15, 0.2) is 0 Å². The van der Waals surface area contributed by atoms with Crippen molar-refractivity contribution < 1.29 is 0 Å². The molecule has 0 radical (unpaired) electrons. The number of fused-ring (bicyclic) bond motifs is 6. The smallest absolute Gasteiger partial charge is 0.0677 e. The van der Waals surface area contributed by atoms with Gasteiger partial charge in [0.1, 0.15) is 0 Å². The molecular weight excluding hydrogens is 439 g/mol. The molecule has 0 saturated heterocycles. The fourth-order valence-electron chi connectivity index (χ4n) is 4.40. The Morgan fingerprint density at radius 1 is 0.750 bits per heavy atom. The first-order chi connectivity index (χ1) is 15.7. The Kier molecular flexibility index (Phi) is 4.78. The van der Waals surface area contributed by atoms with Crippen LogP contribution in [0.2, 0.25) is 10.0 Å². The molecule has 0 amide bonds. The zero-order chi connectivity index (χ0) is 21.7. The lowest BCUT2D eigenvalue weighted by Crippen LogP contribution is -1.99. The lowest BCUT2D eigenvalue weighted by atomic mass is 10.2. The van der Waals surface area contributed by atoms with Crippen molar-refractivity contribution in [3.63, 3.8) is 0 Å². The van der Waals surface area contributed by atoms with Gasteiger partial charge < -0.3 is 9.55 Å². The molecule has 1 saturated carbocycles. The molecule has 0 bridgehead atoms. The first kappa shape index (κ1) is 19.6. The van der Waals surface area contributed by atoms with Crippen LogP contribution in [0.15, 0.2) is 73.3 Å². The van der Waals surface area contributed by atoms with Crippen LogP contribution in [0.3, 0.4) is 0 Å². The van der Waals surface area contributed by atoms with E-state index in [0.29, 0.717) is 0 Å². The molecule has 4 nitrogen and oxygen atoms in total. The van der Waals surface area contributed by atoms with E-state index >= 15 is 0 Å². The van der Waals surface area contributed by atoms with Crippen molar-refractivity contribution in [3.05, 3.63) is 83.4 Å². The van der Waals surface area contributed by atoms with Gasteiger partial charge in [0.05, 0.1) is 23.4 Å². The molecule has 4 heterocycles. The third-order valence-corrected chi connectivity index (χ3v) is 6.60. The predicted molar refractivity (Wildman–Crippen MR) is 134 cm³/mol. The second kappa shape index (κ2) is 7.80. The van der Waals surface area contributed by atoms with E-state index in [0.717, 1.165) is 44.3 Å². The second-order valence-corrected chi connectivity index (χ2v) is 9.22. The maximum atomic E-state index is 6.12. The van der Waals surface area contributed by atoms with Crippen molar-refractivity contribution in [2.75, 3.05) is 0 Å². The highest BCUT2D eigenvalue weighted by atomic mass is 35.5. The van der Waals surface area contributed by atoms with Crippen molar-refractivity contribution in [2.24, 2.45) is 5.92 Å². The summed E-state index contributed by atoms with van der Waals surface area (Å²) in [6, 6.07) is 16.1. The van der Waals surface area contributed by atoms with Crippen LogP contribution >= 0.6 is 23.2 Å². The van der Waals surface area contributed by atoms with E-state index in [9.17, 15) is 0 Å². The highest BCUT2D eigenvalue weighted by Crippen LogP contribution is 2.36. The van der Waals surface area contributed by atoms with Gasteiger partial charge in [-0.2, -0.15) is 0 Å². The zero-order valence-corrected chi connectivity index (χ0v) is 18.7. The molecule has 2 aromatic carbocycles. The SMILES string of the molecule is Clc1ccc2[nH]c3cnccc3c2c1.Clc1ccc2c(c1)c1ccncc1n2CC1CC1. The number of pyridine rings is 2. The van der Waals surface area contributed by atoms with Gasteiger partial charge in [-0.1, -0.05) is 23.2 Å². The van der Waals surface area contributed by atoms with Crippen molar-refractivity contribution in [1.82, 2.24) is 19.5 Å². The van der Waals surface area contributed by atoms with Crippen molar-refractivity contribution in [2.45, 2.75) is 19.4 Å². The molecule has 6 aromatic rings. The van der Waals surface area contributed by atoms with Crippen LogP contribution in [-0.4, -0.2) is 19.5 Å². The number of hydrogen-bond acceptors (Lipinski definition) is 2. The van der Waals surface area contributed by atoms with E-state index in [1.807, 2.05) is 48.9 Å². The Labute approximate surface area is 194 Å². The summed E-state index contributed by atoms with van der Waals surface area (Å²) in [6.07, 6.45) is 10.1. The molecule has 6 heteroatoms. The van der Waals surface area contributed by atoms with Crippen LogP contribution in [-0.2, 0) is 6.54 Å². The molecule has 0 aliphatic heterocycles. The fraction of sp³-hybridized carbons (Fsp3) is 0.154. The van der Waals surface area contributed by atoms with E-state index in [4.69, 9.17) is 23.2 Å². The number of benzene rings is 2. The highest BCUT2D eigenvalue weighted by molar-refractivity contribution is 6.32. The molecule has 1 fully saturated rings. The van der Waals surface area contributed by atoms with E-state index in [1.54, 1.807) is 6.20 Å². The summed E-state index contributed by atoms with van der Waals surface area (Å²) in [7, 11) is 0. The number of rotatable bonds is 2. The minimum atomic E-state index is 0.759.